The molecule has 0 spiro atoms. The molecule has 0 bridgehead atoms. The maximum Gasteiger partial charge on any atom is 0.425 e. The lowest BCUT2D eigenvalue weighted by molar-refractivity contribution is -0.174. The number of nitrogens with one attached hydrogen (secondary N) is 2. The second-order valence-electron chi connectivity index (χ2n) is 4.15. The molecule has 0 radical (unpaired) electrons. The third-order valence-electron chi connectivity index (χ3n) is 2.91. The Bertz CT molecular complexity index is 618. The number of nitriles is 1. The van der Waals surface area contributed by atoms with Gasteiger partial charge in [-0.3, -0.25) is 4.79 Å². The molecule has 1 atom stereocenters. The summed E-state index contributed by atoms with van der Waals surface area (Å²) in [5, 5.41) is 13.1. The average molecular weight is 282 g/mol. The van der Waals surface area contributed by atoms with E-state index in [1.165, 1.54) is 37.4 Å². The van der Waals surface area contributed by atoms with Crippen LogP contribution in [0, 0.1) is 11.3 Å². The van der Waals surface area contributed by atoms with Crippen LogP contribution in [-0.4, -0.2) is 22.6 Å². The summed E-state index contributed by atoms with van der Waals surface area (Å²) in [7, 11) is 0. The molecule has 1 aromatic rings. The van der Waals surface area contributed by atoms with Gasteiger partial charge in [0.15, 0.2) is 0 Å². The minimum atomic E-state index is -4.99. The van der Waals surface area contributed by atoms with Crippen molar-refractivity contribution >= 4 is 11.7 Å². The molecular formula is C12H9F3N4O. The minimum absolute atomic E-state index is 0.127. The largest absolute Gasteiger partial charge is 0.425 e. The van der Waals surface area contributed by atoms with E-state index in [0.717, 1.165) is 0 Å². The second kappa shape index (κ2) is 4.52. The highest BCUT2D eigenvalue weighted by molar-refractivity contribution is 6.00. The molecule has 0 aliphatic carbocycles. The van der Waals surface area contributed by atoms with Gasteiger partial charge in [0.2, 0.25) is 0 Å². The van der Waals surface area contributed by atoms with Crippen molar-refractivity contribution in [1.29, 1.82) is 5.26 Å². The Hall–Kier alpha value is -2.56. The zero-order valence-electron chi connectivity index (χ0n) is 10.2. The van der Waals surface area contributed by atoms with E-state index in [-0.39, 0.29) is 11.5 Å². The predicted molar refractivity (Wildman–Crippen MR) is 63.1 cm³/mol. The fraction of sp³-hybridized carbons (Fsp3) is 0.250. The lowest BCUT2D eigenvalue weighted by Gasteiger charge is -2.30. The number of amides is 1. The van der Waals surface area contributed by atoms with Gasteiger partial charge in [0, 0.05) is 11.9 Å². The van der Waals surface area contributed by atoms with Gasteiger partial charge in [-0.2, -0.15) is 18.4 Å². The first-order valence-corrected chi connectivity index (χ1v) is 5.52. The van der Waals surface area contributed by atoms with E-state index in [2.05, 4.69) is 4.98 Å². The third kappa shape index (κ3) is 1.87. The third-order valence-corrected chi connectivity index (χ3v) is 2.91. The van der Waals surface area contributed by atoms with Gasteiger partial charge in [0.25, 0.3) is 11.4 Å². The van der Waals surface area contributed by atoms with Gasteiger partial charge < -0.3 is 10.6 Å². The van der Waals surface area contributed by atoms with Crippen LogP contribution in [0.5, 0.6) is 0 Å². The zero-order chi connectivity index (χ0) is 15.0. The molecule has 2 heterocycles. The fourth-order valence-corrected chi connectivity index (χ4v) is 1.98. The van der Waals surface area contributed by atoms with Gasteiger partial charge in [0.1, 0.15) is 5.82 Å². The van der Waals surface area contributed by atoms with Gasteiger partial charge in [-0.05, 0) is 19.1 Å². The van der Waals surface area contributed by atoms with Crippen LogP contribution < -0.4 is 10.6 Å². The summed E-state index contributed by atoms with van der Waals surface area (Å²) in [6, 6.07) is 5.72. The van der Waals surface area contributed by atoms with E-state index in [9.17, 15) is 18.0 Å². The molecular weight excluding hydrogens is 273 g/mol. The number of carbonyl (C=O) groups is 1. The first-order chi connectivity index (χ1) is 9.33. The number of hydrogen-bond acceptors (Lipinski definition) is 4. The van der Waals surface area contributed by atoms with Crippen molar-refractivity contribution in [2.45, 2.75) is 18.6 Å². The molecule has 2 N–H and O–H groups in total. The van der Waals surface area contributed by atoms with Crippen molar-refractivity contribution < 1.29 is 18.0 Å². The van der Waals surface area contributed by atoms with Gasteiger partial charge in [-0.1, -0.05) is 6.07 Å². The van der Waals surface area contributed by atoms with Crippen molar-refractivity contribution in [3.8, 4) is 6.07 Å². The lowest BCUT2D eigenvalue weighted by Crippen LogP contribution is -2.59. The normalized spacial score (nSPS) is 22.4. The molecule has 0 fully saturated rings. The predicted octanol–water partition coefficient (Wildman–Crippen LogP) is 1.72. The number of halogens is 3. The molecule has 5 nitrogen and oxygen atoms in total. The number of carbonyl (C=O) groups excluding carboxylic acids is 1. The van der Waals surface area contributed by atoms with E-state index in [1.54, 1.807) is 0 Å². The molecule has 8 heteroatoms. The lowest BCUT2D eigenvalue weighted by atomic mass is 9.90. The maximum atomic E-state index is 13.4. The van der Waals surface area contributed by atoms with Gasteiger partial charge in [0.05, 0.1) is 11.6 Å². The number of rotatable bonds is 2. The first kappa shape index (κ1) is 13.9. The average Bonchev–Trinajstić information content (AvgIpc) is 2.61. The number of pyridine rings is 1. The zero-order valence-corrected chi connectivity index (χ0v) is 10.2. The van der Waals surface area contributed by atoms with Crippen molar-refractivity contribution in [3.63, 3.8) is 0 Å². The SMILES string of the molecule is CC1=C(C#N)[C@@](Nc2ccccn2)(C(F)(F)F)C(=O)N1. The number of allylic oxidation sites excluding steroid dienone is 1. The van der Waals surface area contributed by atoms with Crippen LogP contribution in [0.2, 0.25) is 0 Å². The Balaban J connectivity index is 2.59. The topological polar surface area (TPSA) is 77.8 Å². The fourth-order valence-electron chi connectivity index (χ4n) is 1.98. The molecule has 1 amide bonds. The van der Waals surface area contributed by atoms with E-state index in [1.807, 2.05) is 10.6 Å². The Morgan fingerprint density at radius 2 is 2.15 bits per heavy atom. The van der Waals surface area contributed by atoms with Crippen molar-refractivity contribution in [1.82, 2.24) is 10.3 Å². The Kier molecular flexibility index (Phi) is 3.13. The van der Waals surface area contributed by atoms with Crippen LogP contribution in [0.3, 0.4) is 0 Å². The molecule has 0 saturated heterocycles. The minimum Gasteiger partial charge on any atom is -0.344 e. The second-order valence-corrected chi connectivity index (χ2v) is 4.15. The number of alkyl halides is 3. The summed E-state index contributed by atoms with van der Waals surface area (Å²) in [5.74, 6) is -1.49. The summed E-state index contributed by atoms with van der Waals surface area (Å²) in [5.41, 5.74) is -3.95. The van der Waals surface area contributed by atoms with Crippen LogP contribution in [0.4, 0.5) is 19.0 Å². The molecule has 1 aliphatic heterocycles. The Morgan fingerprint density at radius 1 is 1.45 bits per heavy atom. The summed E-state index contributed by atoms with van der Waals surface area (Å²) >= 11 is 0. The molecule has 1 aromatic heterocycles. The van der Waals surface area contributed by atoms with Crippen molar-refractivity contribution in [2.75, 3.05) is 5.32 Å². The van der Waals surface area contributed by atoms with Crippen LogP contribution in [-0.2, 0) is 4.79 Å². The van der Waals surface area contributed by atoms with E-state index < -0.39 is 23.2 Å². The van der Waals surface area contributed by atoms with Crippen molar-refractivity contribution in [2.24, 2.45) is 0 Å². The van der Waals surface area contributed by atoms with Crippen molar-refractivity contribution in [3.05, 3.63) is 35.7 Å². The van der Waals surface area contributed by atoms with E-state index in [0.29, 0.717) is 0 Å². The summed E-state index contributed by atoms with van der Waals surface area (Å²) in [4.78, 5) is 15.5. The summed E-state index contributed by atoms with van der Waals surface area (Å²) in [6.07, 6.45) is -3.71. The van der Waals surface area contributed by atoms with E-state index in [4.69, 9.17) is 5.26 Å². The van der Waals surface area contributed by atoms with Gasteiger partial charge >= 0.3 is 6.18 Å². The molecule has 2 rings (SSSR count). The number of anilines is 1. The summed E-state index contributed by atoms with van der Waals surface area (Å²) < 4.78 is 40.3. The first-order valence-electron chi connectivity index (χ1n) is 5.52. The molecule has 1 aliphatic rings. The van der Waals surface area contributed by atoms with E-state index >= 15 is 0 Å². The standard InChI is InChI=1S/C12H9F3N4O/c1-7-8(6-16)11(10(20)18-7,12(13,14)15)19-9-4-2-3-5-17-9/h2-5H,1H3,(H,17,19)(H,18,20)/t11-/m0/s1. The molecule has 0 saturated carbocycles. The van der Waals surface area contributed by atoms with Crippen LogP contribution >= 0.6 is 0 Å². The molecule has 104 valence electrons. The van der Waals surface area contributed by atoms with Crippen LogP contribution in [0.1, 0.15) is 6.92 Å². The number of nitrogens with zero attached hydrogens (tertiary/aromatic N) is 2. The highest BCUT2D eigenvalue weighted by Crippen LogP contribution is 2.42. The highest BCUT2D eigenvalue weighted by Gasteiger charge is 2.66. The summed E-state index contributed by atoms with van der Waals surface area (Å²) in [6.45, 7) is 1.24. The number of hydrogen-bond donors (Lipinski definition) is 2. The maximum absolute atomic E-state index is 13.4. The van der Waals surface area contributed by atoms with Gasteiger partial charge in [-0.25, -0.2) is 4.98 Å². The molecule has 0 aromatic carbocycles. The highest BCUT2D eigenvalue weighted by atomic mass is 19.4. The smallest absolute Gasteiger partial charge is 0.344 e. The Morgan fingerprint density at radius 3 is 2.65 bits per heavy atom. The monoisotopic (exact) mass is 282 g/mol. The number of aromatic nitrogens is 1. The quantitative estimate of drug-likeness (QED) is 0.865. The molecule has 20 heavy (non-hydrogen) atoms. The van der Waals surface area contributed by atoms with Crippen LogP contribution in [0.25, 0.3) is 0 Å². The van der Waals surface area contributed by atoms with Gasteiger partial charge in [-0.15, -0.1) is 0 Å². The van der Waals surface area contributed by atoms with Crippen LogP contribution in [0.15, 0.2) is 35.7 Å². The molecule has 0 unspecified atom stereocenters. The Labute approximate surface area is 112 Å².